The Morgan fingerprint density at radius 3 is 2.50 bits per heavy atom. The number of carbonyl (C=O) groups excluding carboxylic acids is 1. The highest BCUT2D eigenvalue weighted by Crippen LogP contribution is 2.18. The number of nitrogens with zero attached hydrogens (tertiary/aromatic N) is 1. The van der Waals surface area contributed by atoms with Crippen LogP contribution in [0.2, 0.25) is 0 Å². The summed E-state index contributed by atoms with van der Waals surface area (Å²) in [6, 6.07) is 0.260. The Balaban J connectivity index is 2.56. The molecule has 0 bridgehead atoms. The second kappa shape index (κ2) is 7.10. The quantitative estimate of drug-likeness (QED) is 0.783. The highest BCUT2D eigenvalue weighted by molar-refractivity contribution is 5.81. The van der Waals surface area contributed by atoms with Crippen molar-refractivity contribution in [1.82, 2.24) is 10.2 Å². The van der Waals surface area contributed by atoms with Crippen LogP contribution in [0.15, 0.2) is 0 Å². The first-order valence-electron chi connectivity index (χ1n) is 6.96. The molecule has 1 amide bonds. The lowest BCUT2D eigenvalue weighted by Gasteiger charge is -2.28. The minimum Gasteiger partial charge on any atom is -0.381 e. The van der Waals surface area contributed by atoms with Crippen molar-refractivity contribution in [2.75, 3.05) is 27.3 Å². The molecule has 0 radical (unpaired) electrons. The predicted octanol–water partition coefficient (Wildman–Crippen LogP) is 1.50. The van der Waals surface area contributed by atoms with E-state index in [0.29, 0.717) is 17.9 Å². The van der Waals surface area contributed by atoms with Gasteiger partial charge < -0.3 is 15.0 Å². The van der Waals surface area contributed by atoms with Gasteiger partial charge in [-0.1, -0.05) is 13.8 Å². The smallest absolute Gasteiger partial charge is 0.239 e. The first-order valence-corrected chi connectivity index (χ1v) is 6.96. The van der Waals surface area contributed by atoms with Gasteiger partial charge in [0.05, 0.1) is 12.6 Å². The van der Waals surface area contributed by atoms with Gasteiger partial charge in [-0.3, -0.25) is 4.79 Å². The number of nitrogens with one attached hydrogen (secondary N) is 1. The van der Waals surface area contributed by atoms with Crippen molar-refractivity contribution in [2.24, 2.45) is 11.8 Å². The van der Waals surface area contributed by atoms with Gasteiger partial charge in [-0.15, -0.1) is 0 Å². The number of likely N-dealkylation sites (N-methyl/N-ethyl adjacent to an activating group) is 1. The fourth-order valence-corrected chi connectivity index (χ4v) is 2.42. The lowest BCUT2D eigenvalue weighted by molar-refractivity contribution is -0.131. The van der Waals surface area contributed by atoms with E-state index in [1.807, 2.05) is 14.1 Å². The second-order valence-electron chi connectivity index (χ2n) is 5.99. The molecule has 0 aliphatic carbocycles. The molecule has 1 aliphatic rings. The highest BCUT2D eigenvalue weighted by atomic mass is 16.5. The molecule has 0 aromatic rings. The second-order valence-corrected chi connectivity index (χ2v) is 5.99. The van der Waals surface area contributed by atoms with Gasteiger partial charge in [0.1, 0.15) is 0 Å². The summed E-state index contributed by atoms with van der Waals surface area (Å²) in [6.45, 7) is 8.14. The number of amides is 1. The van der Waals surface area contributed by atoms with Crippen LogP contribution in [0.3, 0.4) is 0 Å². The maximum Gasteiger partial charge on any atom is 0.239 e. The zero-order valence-corrected chi connectivity index (χ0v) is 12.4. The Bertz CT molecular complexity index is 261. The molecule has 1 saturated heterocycles. The zero-order chi connectivity index (χ0) is 13.7. The molecule has 1 fully saturated rings. The van der Waals surface area contributed by atoms with Crippen molar-refractivity contribution in [3.8, 4) is 0 Å². The van der Waals surface area contributed by atoms with Crippen LogP contribution < -0.4 is 5.32 Å². The van der Waals surface area contributed by atoms with Gasteiger partial charge in [-0.2, -0.15) is 0 Å². The molecular formula is C14H28N2O2. The fraction of sp³-hybridized carbons (Fsp3) is 0.929. The molecule has 106 valence electrons. The maximum atomic E-state index is 12.2. The molecular weight excluding hydrogens is 228 g/mol. The third-order valence-corrected chi connectivity index (χ3v) is 3.58. The number of carbonyl (C=O) groups is 1. The highest BCUT2D eigenvalue weighted by Gasteiger charge is 2.28. The molecule has 0 spiro atoms. The molecule has 3 unspecified atom stereocenters. The van der Waals surface area contributed by atoms with E-state index in [0.717, 1.165) is 26.1 Å². The minimum absolute atomic E-state index is 0.0735. The van der Waals surface area contributed by atoms with Crippen molar-refractivity contribution < 1.29 is 9.53 Å². The van der Waals surface area contributed by atoms with Gasteiger partial charge in [-0.05, 0) is 31.6 Å². The van der Waals surface area contributed by atoms with Gasteiger partial charge in [0.15, 0.2) is 0 Å². The average molecular weight is 256 g/mol. The first-order chi connectivity index (χ1) is 8.41. The van der Waals surface area contributed by atoms with Crippen molar-refractivity contribution in [3.05, 3.63) is 0 Å². The molecule has 18 heavy (non-hydrogen) atoms. The monoisotopic (exact) mass is 256 g/mol. The van der Waals surface area contributed by atoms with E-state index in [-0.39, 0.29) is 11.9 Å². The maximum absolute atomic E-state index is 12.2. The summed E-state index contributed by atoms with van der Waals surface area (Å²) in [6.07, 6.45) is 1.98. The van der Waals surface area contributed by atoms with E-state index in [1.54, 1.807) is 4.90 Å². The van der Waals surface area contributed by atoms with Crippen LogP contribution in [0, 0.1) is 11.8 Å². The van der Waals surface area contributed by atoms with Crippen LogP contribution in [0.5, 0.6) is 0 Å². The van der Waals surface area contributed by atoms with Crippen LogP contribution in [0.25, 0.3) is 0 Å². The van der Waals surface area contributed by atoms with Gasteiger partial charge in [0, 0.05) is 26.7 Å². The van der Waals surface area contributed by atoms with E-state index in [4.69, 9.17) is 4.74 Å². The average Bonchev–Trinajstić information content (AvgIpc) is 2.79. The normalized spacial score (nSPS) is 23.1. The lowest BCUT2D eigenvalue weighted by atomic mass is 9.97. The van der Waals surface area contributed by atoms with Gasteiger partial charge in [0.2, 0.25) is 5.91 Å². The summed E-state index contributed by atoms with van der Waals surface area (Å²) in [5.41, 5.74) is 0. The largest absolute Gasteiger partial charge is 0.381 e. The third-order valence-electron chi connectivity index (χ3n) is 3.58. The molecule has 0 aromatic carbocycles. The zero-order valence-electron chi connectivity index (χ0n) is 12.4. The summed E-state index contributed by atoms with van der Waals surface area (Å²) in [7, 11) is 3.64. The van der Waals surface area contributed by atoms with Crippen LogP contribution in [-0.2, 0) is 9.53 Å². The number of rotatable bonds is 6. The number of ether oxygens (including phenoxy) is 1. The SMILES string of the molecule is CC(C)CC(NC(C)C1CCOC1)C(=O)N(C)C. The topological polar surface area (TPSA) is 41.6 Å². The van der Waals surface area contributed by atoms with E-state index in [9.17, 15) is 4.79 Å². The molecule has 4 nitrogen and oxygen atoms in total. The molecule has 1 aliphatic heterocycles. The van der Waals surface area contributed by atoms with Gasteiger partial charge in [-0.25, -0.2) is 0 Å². The van der Waals surface area contributed by atoms with Gasteiger partial charge >= 0.3 is 0 Å². The Kier molecular flexibility index (Phi) is 6.09. The Morgan fingerprint density at radius 2 is 2.06 bits per heavy atom. The molecule has 1 heterocycles. The van der Waals surface area contributed by atoms with Crippen LogP contribution in [0.4, 0.5) is 0 Å². The van der Waals surface area contributed by atoms with E-state index in [1.165, 1.54) is 0 Å². The van der Waals surface area contributed by atoms with Crippen molar-refractivity contribution in [1.29, 1.82) is 0 Å². The van der Waals surface area contributed by atoms with Crippen LogP contribution >= 0.6 is 0 Å². The summed E-state index contributed by atoms with van der Waals surface area (Å²) >= 11 is 0. The minimum atomic E-state index is -0.0735. The first kappa shape index (κ1) is 15.4. The predicted molar refractivity (Wildman–Crippen MR) is 73.5 cm³/mol. The fourth-order valence-electron chi connectivity index (χ4n) is 2.42. The van der Waals surface area contributed by atoms with E-state index in [2.05, 4.69) is 26.1 Å². The van der Waals surface area contributed by atoms with E-state index < -0.39 is 0 Å². The van der Waals surface area contributed by atoms with E-state index >= 15 is 0 Å². The molecule has 1 N–H and O–H groups in total. The Labute approximate surface area is 111 Å². The number of hydrogen-bond donors (Lipinski definition) is 1. The lowest BCUT2D eigenvalue weighted by Crippen LogP contribution is -2.49. The molecule has 0 aromatic heterocycles. The summed E-state index contributed by atoms with van der Waals surface area (Å²) < 4.78 is 5.41. The summed E-state index contributed by atoms with van der Waals surface area (Å²) in [4.78, 5) is 13.8. The Morgan fingerprint density at radius 1 is 1.39 bits per heavy atom. The summed E-state index contributed by atoms with van der Waals surface area (Å²) in [5, 5.41) is 3.50. The van der Waals surface area contributed by atoms with Crippen LogP contribution in [-0.4, -0.2) is 50.2 Å². The van der Waals surface area contributed by atoms with Crippen LogP contribution in [0.1, 0.15) is 33.6 Å². The molecule has 4 heteroatoms. The van der Waals surface area contributed by atoms with Crippen molar-refractivity contribution in [2.45, 2.75) is 45.7 Å². The number of hydrogen-bond acceptors (Lipinski definition) is 3. The van der Waals surface area contributed by atoms with Crippen molar-refractivity contribution in [3.63, 3.8) is 0 Å². The molecule has 1 rings (SSSR count). The summed E-state index contributed by atoms with van der Waals surface area (Å²) in [5.74, 6) is 1.22. The van der Waals surface area contributed by atoms with Crippen molar-refractivity contribution >= 4 is 5.91 Å². The van der Waals surface area contributed by atoms with Gasteiger partial charge in [0.25, 0.3) is 0 Å². The standard InChI is InChI=1S/C14H28N2O2/c1-10(2)8-13(14(17)16(4)5)15-11(3)12-6-7-18-9-12/h10-13,15H,6-9H2,1-5H3. The molecule has 3 atom stereocenters. The third kappa shape index (κ3) is 4.58. The Hall–Kier alpha value is -0.610. The molecule has 0 saturated carbocycles.